The quantitative estimate of drug-likeness (QED) is 0.844. The van der Waals surface area contributed by atoms with E-state index in [0.717, 1.165) is 17.9 Å². The molecule has 1 amide bonds. The molecule has 0 atom stereocenters. The monoisotopic (exact) mass is 270 g/mol. The molecule has 2 rings (SSSR count). The Bertz CT molecular complexity index is 562. The lowest BCUT2D eigenvalue weighted by Gasteiger charge is -2.07. The molecule has 0 radical (unpaired) electrons. The van der Waals surface area contributed by atoms with E-state index < -0.39 is 5.91 Å². The molecule has 0 aliphatic rings. The molecular weight excluding hydrogens is 252 g/mol. The van der Waals surface area contributed by atoms with Gasteiger partial charge in [-0.05, 0) is 42.4 Å². The summed E-state index contributed by atoms with van der Waals surface area (Å²) in [6.07, 6.45) is 0. The predicted molar refractivity (Wildman–Crippen MR) is 78.5 cm³/mol. The summed E-state index contributed by atoms with van der Waals surface area (Å²) < 4.78 is 5.69. The highest BCUT2D eigenvalue weighted by atomic mass is 16.5. The van der Waals surface area contributed by atoms with Crippen molar-refractivity contribution in [3.63, 3.8) is 0 Å². The number of carbonyl (C=O) groups is 1. The van der Waals surface area contributed by atoms with Crippen LogP contribution >= 0.6 is 0 Å². The van der Waals surface area contributed by atoms with Gasteiger partial charge in [0.05, 0.1) is 0 Å². The van der Waals surface area contributed by atoms with Gasteiger partial charge in [0.1, 0.15) is 12.4 Å². The molecule has 20 heavy (non-hydrogen) atoms. The summed E-state index contributed by atoms with van der Waals surface area (Å²) in [5.41, 5.74) is 7.91. The Morgan fingerprint density at radius 1 is 1.05 bits per heavy atom. The first-order chi connectivity index (χ1) is 9.69. The van der Waals surface area contributed by atoms with Crippen molar-refractivity contribution in [2.75, 3.05) is 7.05 Å². The lowest BCUT2D eigenvalue weighted by atomic mass is 10.1. The first-order valence-corrected chi connectivity index (χ1v) is 6.44. The third-order valence-electron chi connectivity index (χ3n) is 2.95. The lowest BCUT2D eigenvalue weighted by Crippen LogP contribution is -2.10. The minimum Gasteiger partial charge on any atom is -0.489 e. The summed E-state index contributed by atoms with van der Waals surface area (Å²) in [7, 11) is 1.92. The van der Waals surface area contributed by atoms with Crippen LogP contribution in [0.15, 0.2) is 48.5 Å². The smallest absolute Gasteiger partial charge is 0.248 e. The number of hydrogen-bond acceptors (Lipinski definition) is 3. The molecule has 0 aromatic heterocycles. The van der Waals surface area contributed by atoms with Crippen LogP contribution in [0.25, 0.3) is 0 Å². The fourth-order valence-corrected chi connectivity index (χ4v) is 1.84. The van der Waals surface area contributed by atoms with E-state index in [1.54, 1.807) is 12.1 Å². The third kappa shape index (κ3) is 3.83. The second kappa shape index (κ2) is 6.73. The van der Waals surface area contributed by atoms with Gasteiger partial charge in [-0.2, -0.15) is 0 Å². The fourth-order valence-electron chi connectivity index (χ4n) is 1.84. The Hall–Kier alpha value is -2.33. The van der Waals surface area contributed by atoms with Crippen LogP contribution < -0.4 is 15.8 Å². The minimum atomic E-state index is -0.419. The number of nitrogens with two attached hydrogens (primary N) is 1. The molecule has 3 N–H and O–H groups in total. The summed E-state index contributed by atoms with van der Waals surface area (Å²) in [5, 5.41) is 3.10. The minimum absolute atomic E-state index is 0.419. The maximum Gasteiger partial charge on any atom is 0.248 e. The number of ether oxygens (including phenoxy) is 1. The molecule has 0 bridgehead atoms. The zero-order valence-corrected chi connectivity index (χ0v) is 11.4. The topological polar surface area (TPSA) is 64.3 Å². The van der Waals surface area contributed by atoms with E-state index in [0.29, 0.717) is 12.2 Å². The molecule has 0 fully saturated rings. The zero-order chi connectivity index (χ0) is 14.4. The van der Waals surface area contributed by atoms with Gasteiger partial charge in [-0.25, -0.2) is 0 Å². The predicted octanol–water partition coefficient (Wildman–Crippen LogP) is 2.08. The molecule has 4 heteroatoms. The van der Waals surface area contributed by atoms with Gasteiger partial charge in [0, 0.05) is 12.1 Å². The Kier molecular flexibility index (Phi) is 4.74. The van der Waals surface area contributed by atoms with Gasteiger partial charge in [0.25, 0.3) is 0 Å². The van der Waals surface area contributed by atoms with E-state index in [2.05, 4.69) is 5.32 Å². The summed E-state index contributed by atoms with van der Waals surface area (Å²) in [6, 6.07) is 15.1. The van der Waals surface area contributed by atoms with Gasteiger partial charge < -0.3 is 15.8 Å². The van der Waals surface area contributed by atoms with Crippen LogP contribution in [0.3, 0.4) is 0 Å². The molecule has 0 spiro atoms. The van der Waals surface area contributed by atoms with Crippen molar-refractivity contribution in [2.45, 2.75) is 13.2 Å². The van der Waals surface area contributed by atoms with Gasteiger partial charge >= 0.3 is 0 Å². The molecule has 0 saturated carbocycles. The van der Waals surface area contributed by atoms with E-state index in [1.165, 1.54) is 5.56 Å². The van der Waals surface area contributed by atoms with E-state index >= 15 is 0 Å². The number of primary amides is 1. The first kappa shape index (κ1) is 14.1. The van der Waals surface area contributed by atoms with Gasteiger partial charge in [-0.1, -0.05) is 24.3 Å². The SMILES string of the molecule is CNCc1ccc(OCc2ccc(C(N)=O)cc2)cc1. The standard InChI is InChI=1S/C16H18N2O2/c1-18-10-12-4-8-15(9-5-12)20-11-13-2-6-14(7-3-13)16(17)19/h2-9,18H,10-11H2,1H3,(H2,17,19). The zero-order valence-electron chi connectivity index (χ0n) is 11.4. The highest BCUT2D eigenvalue weighted by Crippen LogP contribution is 2.14. The van der Waals surface area contributed by atoms with E-state index in [4.69, 9.17) is 10.5 Å². The molecule has 0 heterocycles. The van der Waals surface area contributed by atoms with Crippen LogP contribution in [0.5, 0.6) is 5.75 Å². The lowest BCUT2D eigenvalue weighted by molar-refractivity contribution is 0.1000. The number of hydrogen-bond donors (Lipinski definition) is 2. The number of rotatable bonds is 6. The van der Waals surface area contributed by atoms with Crippen LogP contribution in [0, 0.1) is 0 Å². The van der Waals surface area contributed by atoms with Crippen LogP contribution in [0.4, 0.5) is 0 Å². The van der Waals surface area contributed by atoms with Crippen molar-refractivity contribution in [2.24, 2.45) is 5.73 Å². The van der Waals surface area contributed by atoms with Crippen molar-refractivity contribution in [1.82, 2.24) is 5.32 Å². The second-order valence-electron chi connectivity index (χ2n) is 4.52. The molecule has 0 aliphatic carbocycles. The summed E-state index contributed by atoms with van der Waals surface area (Å²) in [6.45, 7) is 1.30. The van der Waals surface area contributed by atoms with E-state index in [1.807, 2.05) is 43.4 Å². The average Bonchev–Trinajstić information content (AvgIpc) is 2.47. The maximum atomic E-state index is 11.0. The molecule has 2 aromatic carbocycles. The maximum absolute atomic E-state index is 11.0. The summed E-state index contributed by atoms with van der Waals surface area (Å²) in [4.78, 5) is 11.0. The largest absolute Gasteiger partial charge is 0.489 e. The Labute approximate surface area is 118 Å². The molecule has 104 valence electrons. The fraction of sp³-hybridized carbons (Fsp3) is 0.188. The average molecular weight is 270 g/mol. The number of nitrogens with one attached hydrogen (secondary N) is 1. The molecule has 2 aromatic rings. The molecule has 4 nitrogen and oxygen atoms in total. The van der Waals surface area contributed by atoms with E-state index in [-0.39, 0.29) is 0 Å². The Morgan fingerprint density at radius 3 is 2.20 bits per heavy atom. The highest BCUT2D eigenvalue weighted by molar-refractivity contribution is 5.92. The highest BCUT2D eigenvalue weighted by Gasteiger charge is 2.01. The van der Waals surface area contributed by atoms with Crippen molar-refractivity contribution in [3.8, 4) is 5.75 Å². The van der Waals surface area contributed by atoms with Crippen LogP contribution in [-0.2, 0) is 13.2 Å². The Balaban J connectivity index is 1.92. The van der Waals surface area contributed by atoms with Gasteiger partial charge in [-0.15, -0.1) is 0 Å². The van der Waals surface area contributed by atoms with Crippen LogP contribution in [0.2, 0.25) is 0 Å². The van der Waals surface area contributed by atoms with E-state index in [9.17, 15) is 4.79 Å². The van der Waals surface area contributed by atoms with Gasteiger partial charge in [0.15, 0.2) is 0 Å². The number of amides is 1. The van der Waals surface area contributed by atoms with Gasteiger partial charge in [0.2, 0.25) is 5.91 Å². The van der Waals surface area contributed by atoms with Crippen molar-refractivity contribution in [1.29, 1.82) is 0 Å². The van der Waals surface area contributed by atoms with Crippen molar-refractivity contribution >= 4 is 5.91 Å². The van der Waals surface area contributed by atoms with Crippen molar-refractivity contribution < 1.29 is 9.53 Å². The normalized spacial score (nSPS) is 10.2. The van der Waals surface area contributed by atoms with Crippen LogP contribution in [-0.4, -0.2) is 13.0 Å². The van der Waals surface area contributed by atoms with Crippen LogP contribution in [0.1, 0.15) is 21.5 Å². The summed E-state index contributed by atoms with van der Waals surface area (Å²) in [5.74, 6) is 0.404. The molecule has 0 saturated heterocycles. The second-order valence-corrected chi connectivity index (χ2v) is 4.52. The molecule has 0 aliphatic heterocycles. The van der Waals surface area contributed by atoms with Crippen molar-refractivity contribution in [3.05, 3.63) is 65.2 Å². The first-order valence-electron chi connectivity index (χ1n) is 6.44. The summed E-state index contributed by atoms with van der Waals surface area (Å²) >= 11 is 0. The number of benzene rings is 2. The molecular formula is C16H18N2O2. The Morgan fingerprint density at radius 2 is 1.65 bits per heavy atom. The third-order valence-corrected chi connectivity index (χ3v) is 2.95. The number of carbonyl (C=O) groups excluding carboxylic acids is 1. The molecule has 0 unspecified atom stereocenters. The van der Waals surface area contributed by atoms with Gasteiger partial charge in [-0.3, -0.25) is 4.79 Å².